The minimum Gasteiger partial charge on any atom is -0.503 e. The number of pyridine rings is 1. The zero-order chi connectivity index (χ0) is 14.0. The van der Waals surface area contributed by atoms with E-state index in [4.69, 9.17) is 5.11 Å². The molecule has 0 saturated carbocycles. The Kier molecular flexibility index (Phi) is 3.50. The first-order chi connectivity index (χ1) is 8.97. The fraction of sp³-hybridized carbons (Fsp3) is 0.154. The first-order valence-electron chi connectivity index (χ1n) is 5.55. The molecule has 0 aliphatic heterocycles. The van der Waals surface area contributed by atoms with E-state index < -0.39 is 17.4 Å². The molecule has 0 aliphatic rings. The Balaban J connectivity index is 2.14. The molecule has 0 unspecified atom stereocenters. The number of aromatic hydroxyl groups is 1. The lowest BCUT2D eigenvalue weighted by molar-refractivity contribution is 0.395. The highest BCUT2D eigenvalue weighted by Crippen LogP contribution is 2.21. The Bertz CT molecular complexity index is 645. The fourth-order valence-electron chi connectivity index (χ4n) is 1.62. The molecule has 1 aromatic heterocycles. The molecule has 0 atom stereocenters. The van der Waals surface area contributed by atoms with Crippen LogP contribution in [0.2, 0.25) is 0 Å². The molecule has 1 heterocycles. The number of halogens is 2. The molecule has 4 nitrogen and oxygen atoms in total. The lowest BCUT2D eigenvalue weighted by atomic mass is 10.2. The highest BCUT2D eigenvalue weighted by Gasteiger charge is 2.09. The summed E-state index contributed by atoms with van der Waals surface area (Å²) < 4.78 is 27.6. The number of rotatable bonds is 3. The lowest BCUT2D eigenvalue weighted by Gasteiger charge is -2.08. The van der Waals surface area contributed by atoms with Crippen molar-refractivity contribution in [3.8, 4) is 5.75 Å². The van der Waals surface area contributed by atoms with Gasteiger partial charge in [0.1, 0.15) is 0 Å². The quantitative estimate of drug-likeness (QED) is 0.893. The van der Waals surface area contributed by atoms with Crippen molar-refractivity contribution in [2.75, 3.05) is 5.32 Å². The highest BCUT2D eigenvalue weighted by atomic mass is 19.1. The van der Waals surface area contributed by atoms with Gasteiger partial charge in [0.15, 0.2) is 17.4 Å². The molecule has 0 aliphatic carbocycles. The van der Waals surface area contributed by atoms with E-state index in [0.717, 1.165) is 12.1 Å². The number of nitrogens with zero attached hydrogens (tertiary/aromatic N) is 1. The van der Waals surface area contributed by atoms with Crippen LogP contribution in [-0.4, -0.2) is 9.67 Å². The zero-order valence-electron chi connectivity index (χ0n) is 10.2. The van der Waals surface area contributed by atoms with Crippen LogP contribution in [0.5, 0.6) is 5.75 Å². The van der Waals surface area contributed by atoms with Gasteiger partial charge in [0, 0.05) is 25.9 Å². The molecule has 2 aromatic rings. The number of hydrogen-bond donors (Lipinski definition) is 2. The van der Waals surface area contributed by atoms with Crippen molar-refractivity contribution < 1.29 is 13.9 Å². The molecule has 100 valence electrons. The molecule has 19 heavy (non-hydrogen) atoms. The second-order valence-corrected chi connectivity index (χ2v) is 4.13. The average molecular weight is 266 g/mol. The smallest absolute Gasteiger partial charge is 0.250 e. The van der Waals surface area contributed by atoms with Crippen LogP contribution < -0.4 is 10.9 Å². The normalized spacial score (nSPS) is 10.5. The predicted molar refractivity (Wildman–Crippen MR) is 67.0 cm³/mol. The predicted octanol–water partition coefficient (Wildman–Crippen LogP) is 1.98. The van der Waals surface area contributed by atoms with Crippen LogP contribution in [0.15, 0.2) is 35.3 Å². The highest BCUT2D eigenvalue weighted by molar-refractivity contribution is 5.41. The van der Waals surface area contributed by atoms with Crippen molar-refractivity contribution in [2.24, 2.45) is 7.05 Å². The van der Waals surface area contributed by atoms with E-state index in [1.165, 1.54) is 10.6 Å². The first kappa shape index (κ1) is 13.1. The number of benzene rings is 1. The van der Waals surface area contributed by atoms with Crippen molar-refractivity contribution in [3.05, 3.63) is 58.0 Å². The van der Waals surface area contributed by atoms with E-state index in [1.807, 2.05) is 0 Å². The van der Waals surface area contributed by atoms with E-state index in [-0.39, 0.29) is 12.1 Å². The molecule has 0 fully saturated rings. The number of aryl methyl sites for hydroxylation is 1. The van der Waals surface area contributed by atoms with Gasteiger partial charge in [-0.3, -0.25) is 4.79 Å². The maximum atomic E-state index is 13.1. The Morgan fingerprint density at radius 3 is 2.47 bits per heavy atom. The summed E-state index contributed by atoms with van der Waals surface area (Å²) >= 11 is 0. The topological polar surface area (TPSA) is 54.3 Å². The number of aromatic nitrogens is 1. The third-order valence-electron chi connectivity index (χ3n) is 2.66. The number of anilines is 1. The van der Waals surface area contributed by atoms with Crippen LogP contribution in [0.1, 0.15) is 5.56 Å². The van der Waals surface area contributed by atoms with Gasteiger partial charge in [0.2, 0.25) is 5.56 Å². The van der Waals surface area contributed by atoms with Crippen LogP contribution >= 0.6 is 0 Å². The van der Waals surface area contributed by atoms with Gasteiger partial charge in [0.05, 0.1) is 5.69 Å². The van der Waals surface area contributed by atoms with E-state index >= 15 is 0 Å². The second-order valence-electron chi connectivity index (χ2n) is 4.13. The summed E-state index contributed by atoms with van der Waals surface area (Å²) in [6, 6.07) is 5.07. The summed E-state index contributed by atoms with van der Waals surface area (Å²) in [6.45, 7) is 0.173. The molecule has 0 amide bonds. The monoisotopic (exact) mass is 266 g/mol. The molecule has 0 saturated heterocycles. The molecule has 1 aromatic carbocycles. The summed E-state index contributed by atoms with van der Waals surface area (Å²) in [6.07, 6.45) is 1.58. The van der Waals surface area contributed by atoms with Gasteiger partial charge in [0.25, 0.3) is 0 Å². The minimum absolute atomic E-state index is 0.146. The Hall–Kier alpha value is -2.37. The van der Waals surface area contributed by atoms with Crippen LogP contribution in [-0.2, 0) is 13.6 Å². The maximum Gasteiger partial charge on any atom is 0.250 e. The molecule has 0 radical (unpaired) electrons. The van der Waals surface area contributed by atoms with E-state index in [1.54, 1.807) is 19.3 Å². The number of phenols is 1. The molecule has 2 N–H and O–H groups in total. The summed E-state index contributed by atoms with van der Waals surface area (Å²) in [7, 11) is 1.60. The number of hydrogen-bond acceptors (Lipinski definition) is 3. The van der Waals surface area contributed by atoms with Crippen molar-refractivity contribution in [1.29, 1.82) is 0 Å². The zero-order valence-corrected chi connectivity index (χ0v) is 10.2. The SMILES string of the molecule is Cn1cc(NCc2cc(F)c(O)c(F)c2)ccc1=O. The van der Waals surface area contributed by atoms with Crippen LogP contribution in [0, 0.1) is 11.6 Å². The summed E-state index contributed by atoms with van der Waals surface area (Å²) in [4.78, 5) is 11.2. The minimum atomic E-state index is -1.00. The number of phenolic OH excluding ortho intramolecular Hbond substituents is 1. The van der Waals surface area contributed by atoms with Gasteiger partial charge < -0.3 is 15.0 Å². The maximum absolute atomic E-state index is 13.1. The van der Waals surface area contributed by atoms with E-state index in [9.17, 15) is 13.6 Å². The van der Waals surface area contributed by atoms with E-state index in [0.29, 0.717) is 11.3 Å². The van der Waals surface area contributed by atoms with Crippen LogP contribution in [0.3, 0.4) is 0 Å². The largest absolute Gasteiger partial charge is 0.503 e. The Morgan fingerprint density at radius 1 is 1.26 bits per heavy atom. The van der Waals surface area contributed by atoms with Gasteiger partial charge in [-0.25, -0.2) is 8.78 Å². The molecule has 6 heteroatoms. The molecular weight excluding hydrogens is 254 g/mol. The van der Waals surface area contributed by atoms with E-state index in [2.05, 4.69) is 5.32 Å². The standard InChI is InChI=1S/C13H12F2N2O2/c1-17-7-9(2-3-12(17)18)16-6-8-4-10(14)13(19)11(15)5-8/h2-5,7,16,19H,6H2,1H3. The van der Waals surface area contributed by atoms with Crippen molar-refractivity contribution >= 4 is 5.69 Å². The van der Waals surface area contributed by atoms with Gasteiger partial charge in [-0.05, 0) is 23.8 Å². The molecule has 0 bridgehead atoms. The van der Waals surface area contributed by atoms with Gasteiger partial charge in [-0.1, -0.05) is 0 Å². The second kappa shape index (κ2) is 5.09. The molecule has 0 spiro atoms. The van der Waals surface area contributed by atoms with Crippen molar-refractivity contribution in [2.45, 2.75) is 6.54 Å². The molecule has 2 rings (SSSR count). The van der Waals surface area contributed by atoms with Crippen LogP contribution in [0.25, 0.3) is 0 Å². The van der Waals surface area contributed by atoms with Crippen molar-refractivity contribution in [3.63, 3.8) is 0 Å². The van der Waals surface area contributed by atoms with Crippen LogP contribution in [0.4, 0.5) is 14.5 Å². The Morgan fingerprint density at radius 2 is 1.89 bits per heavy atom. The first-order valence-corrected chi connectivity index (χ1v) is 5.55. The van der Waals surface area contributed by atoms with Gasteiger partial charge >= 0.3 is 0 Å². The summed E-state index contributed by atoms with van der Waals surface area (Å²) in [5.41, 5.74) is 0.852. The molecular formula is C13H12F2N2O2. The third-order valence-corrected chi connectivity index (χ3v) is 2.66. The van der Waals surface area contributed by atoms with Crippen molar-refractivity contribution in [1.82, 2.24) is 4.57 Å². The number of nitrogens with one attached hydrogen (secondary N) is 1. The summed E-state index contributed by atoms with van der Waals surface area (Å²) in [5, 5.41) is 11.9. The van der Waals surface area contributed by atoms with Gasteiger partial charge in [-0.15, -0.1) is 0 Å². The summed E-state index contributed by atoms with van der Waals surface area (Å²) in [5.74, 6) is -2.99. The Labute approximate surface area is 107 Å². The average Bonchev–Trinajstić information content (AvgIpc) is 2.37. The van der Waals surface area contributed by atoms with Gasteiger partial charge in [-0.2, -0.15) is 0 Å². The lowest BCUT2D eigenvalue weighted by Crippen LogP contribution is -2.15. The fourth-order valence-corrected chi connectivity index (χ4v) is 1.62. The third kappa shape index (κ3) is 2.90.